The van der Waals surface area contributed by atoms with Gasteiger partial charge in [0.2, 0.25) is 0 Å². The fourth-order valence-corrected chi connectivity index (χ4v) is 3.99. The van der Waals surface area contributed by atoms with E-state index in [1.165, 1.54) is 23.9 Å². The van der Waals surface area contributed by atoms with Crippen molar-refractivity contribution in [2.45, 2.75) is 12.8 Å². The molecule has 7 heteroatoms. The largest absolute Gasteiger partial charge is 0.481 e. The highest BCUT2D eigenvalue weighted by Crippen LogP contribution is 2.32. The van der Waals surface area contributed by atoms with Crippen LogP contribution in [0.2, 0.25) is 0 Å². The Bertz CT molecular complexity index is 1240. The van der Waals surface area contributed by atoms with Crippen LogP contribution in [0.3, 0.4) is 0 Å². The molecule has 1 aliphatic heterocycles. The van der Waals surface area contributed by atoms with Crippen LogP contribution in [0.1, 0.15) is 24.0 Å². The molecule has 1 saturated heterocycles. The maximum absolute atomic E-state index is 13.3. The average Bonchev–Trinajstić information content (AvgIpc) is 3.06. The van der Waals surface area contributed by atoms with Crippen molar-refractivity contribution in [3.8, 4) is 0 Å². The molecule has 0 bridgehead atoms. The van der Waals surface area contributed by atoms with Crippen LogP contribution in [0.25, 0.3) is 16.8 Å². The summed E-state index contributed by atoms with van der Waals surface area (Å²) in [5, 5.41) is 14.1. The summed E-state index contributed by atoms with van der Waals surface area (Å²) >= 11 is 1.19. The number of rotatable bonds is 4. The van der Waals surface area contributed by atoms with E-state index in [1.807, 2.05) is 12.1 Å². The van der Waals surface area contributed by atoms with Crippen LogP contribution in [0, 0.1) is 5.82 Å². The number of amidine groups is 1. The lowest BCUT2D eigenvalue weighted by Gasteiger charge is -2.09. The molecular weight excluding hydrogens is 403 g/mol. The zero-order valence-electron chi connectivity index (χ0n) is 15.9. The number of thioether (sulfide) groups is 1. The van der Waals surface area contributed by atoms with E-state index in [4.69, 9.17) is 0 Å². The number of fused-ring (bicyclic) bond motifs is 1. The Morgan fingerprint density at radius 2 is 1.87 bits per heavy atom. The Labute approximate surface area is 176 Å². The number of hydrogen-bond acceptors (Lipinski definition) is 4. The summed E-state index contributed by atoms with van der Waals surface area (Å²) in [5.74, 6) is -2.23. The molecule has 1 fully saturated rings. The van der Waals surface area contributed by atoms with Gasteiger partial charge in [0, 0.05) is 0 Å². The summed E-state index contributed by atoms with van der Waals surface area (Å²) < 4.78 is 13.3. The molecule has 1 amide bonds. The van der Waals surface area contributed by atoms with Crippen molar-refractivity contribution in [2.24, 2.45) is 4.99 Å². The Balaban J connectivity index is 1.62. The third-order valence-electron chi connectivity index (χ3n) is 4.77. The van der Waals surface area contributed by atoms with Gasteiger partial charge in [-0.15, -0.1) is 0 Å². The zero-order valence-corrected chi connectivity index (χ0v) is 16.7. The fraction of sp³-hybridized carbons (Fsp3) is 0.0870. The Kier molecular flexibility index (Phi) is 5.37. The Morgan fingerprint density at radius 1 is 1.13 bits per heavy atom. The van der Waals surface area contributed by atoms with E-state index in [9.17, 15) is 19.1 Å². The zero-order chi connectivity index (χ0) is 21.3. The third kappa shape index (κ3) is 4.11. The number of amides is 1. The number of nitrogens with zero attached hydrogens (tertiary/aromatic N) is 1. The van der Waals surface area contributed by atoms with Gasteiger partial charge < -0.3 is 10.4 Å². The van der Waals surface area contributed by atoms with Crippen molar-refractivity contribution in [1.82, 2.24) is 5.32 Å². The van der Waals surface area contributed by atoms with Crippen molar-refractivity contribution in [3.05, 3.63) is 82.5 Å². The van der Waals surface area contributed by atoms with Crippen LogP contribution in [-0.4, -0.2) is 22.2 Å². The van der Waals surface area contributed by atoms with Gasteiger partial charge in [0.25, 0.3) is 5.91 Å². The molecule has 0 radical (unpaired) electrons. The molecule has 1 atom stereocenters. The first kappa shape index (κ1) is 19.8. The number of benzene rings is 3. The molecule has 4 rings (SSSR count). The van der Waals surface area contributed by atoms with E-state index in [-0.39, 0.29) is 11.7 Å². The highest BCUT2D eigenvalue weighted by molar-refractivity contribution is 8.18. The van der Waals surface area contributed by atoms with Crippen molar-refractivity contribution in [2.75, 3.05) is 0 Å². The summed E-state index contributed by atoms with van der Waals surface area (Å²) in [7, 11) is 0. The van der Waals surface area contributed by atoms with E-state index in [2.05, 4.69) is 10.3 Å². The maximum atomic E-state index is 13.3. The molecule has 150 valence electrons. The van der Waals surface area contributed by atoms with Gasteiger partial charge in [0.05, 0.1) is 16.5 Å². The minimum Gasteiger partial charge on any atom is -0.481 e. The minimum absolute atomic E-state index is 0.276. The van der Waals surface area contributed by atoms with Crippen LogP contribution in [-0.2, 0) is 9.59 Å². The number of carboxylic acids is 1. The molecule has 0 spiro atoms. The number of aliphatic imine (C=N–C) groups is 1. The van der Waals surface area contributed by atoms with Crippen molar-refractivity contribution >= 4 is 51.3 Å². The normalized spacial score (nSPS) is 17.5. The number of carbonyl (C=O) groups is 2. The van der Waals surface area contributed by atoms with Crippen molar-refractivity contribution in [3.63, 3.8) is 0 Å². The standard InChI is InChI=1S/C23H17FN2O3S/c1-13(22(28)29)18-4-2-3-5-19(18)25-23-26-21(27)20(30-23)11-14-6-7-16-12-17(24)9-8-15(16)10-14/h2-13H,1H3,(H,28,29)(H,25,26,27). The lowest BCUT2D eigenvalue weighted by atomic mass is 10.00. The molecule has 0 aliphatic carbocycles. The number of aliphatic carboxylic acids is 1. The summed E-state index contributed by atoms with van der Waals surface area (Å²) in [6.45, 7) is 1.60. The predicted octanol–water partition coefficient (Wildman–Crippen LogP) is 5.06. The number of nitrogens with one attached hydrogen (secondary N) is 1. The summed E-state index contributed by atoms with van der Waals surface area (Å²) in [6, 6.07) is 17.0. The van der Waals surface area contributed by atoms with Crippen LogP contribution in [0.15, 0.2) is 70.6 Å². The van der Waals surface area contributed by atoms with Crippen molar-refractivity contribution in [1.29, 1.82) is 0 Å². The smallest absolute Gasteiger partial charge is 0.310 e. The van der Waals surface area contributed by atoms with Gasteiger partial charge in [0.1, 0.15) is 5.82 Å². The van der Waals surface area contributed by atoms with Gasteiger partial charge >= 0.3 is 5.97 Å². The molecule has 1 heterocycles. The van der Waals surface area contributed by atoms with E-state index in [1.54, 1.807) is 49.4 Å². The molecule has 30 heavy (non-hydrogen) atoms. The van der Waals surface area contributed by atoms with Crippen LogP contribution >= 0.6 is 11.8 Å². The lowest BCUT2D eigenvalue weighted by molar-refractivity contribution is -0.138. The second kappa shape index (κ2) is 8.12. The first-order chi connectivity index (χ1) is 14.4. The maximum Gasteiger partial charge on any atom is 0.310 e. The number of hydrogen-bond donors (Lipinski definition) is 2. The summed E-state index contributed by atoms with van der Waals surface area (Å²) in [6.07, 6.45) is 1.75. The number of para-hydroxylation sites is 1. The topological polar surface area (TPSA) is 78.8 Å². The number of carbonyl (C=O) groups excluding carboxylic acids is 1. The van der Waals surface area contributed by atoms with E-state index < -0.39 is 11.9 Å². The van der Waals surface area contributed by atoms with Gasteiger partial charge in [-0.25, -0.2) is 9.38 Å². The van der Waals surface area contributed by atoms with E-state index in [0.29, 0.717) is 21.3 Å². The summed E-state index contributed by atoms with van der Waals surface area (Å²) in [5.41, 5.74) is 1.89. The highest BCUT2D eigenvalue weighted by Gasteiger charge is 2.25. The molecule has 5 nitrogen and oxygen atoms in total. The SMILES string of the molecule is CC(C(=O)O)c1ccccc1N=C1NC(=O)C(=Cc2ccc3cc(F)ccc3c2)S1. The Morgan fingerprint density at radius 3 is 2.67 bits per heavy atom. The Hall–Kier alpha value is -3.45. The quantitative estimate of drug-likeness (QED) is 0.579. The van der Waals surface area contributed by atoms with Gasteiger partial charge in [-0.3, -0.25) is 9.59 Å². The van der Waals surface area contributed by atoms with E-state index in [0.717, 1.165) is 16.3 Å². The van der Waals surface area contributed by atoms with E-state index >= 15 is 0 Å². The first-order valence-electron chi connectivity index (χ1n) is 9.21. The molecule has 2 N–H and O–H groups in total. The highest BCUT2D eigenvalue weighted by atomic mass is 32.2. The minimum atomic E-state index is -0.942. The molecular formula is C23H17FN2O3S. The second-order valence-corrected chi connectivity index (χ2v) is 7.88. The molecule has 0 aromatic heterocycles. The molecule has 3 aromatic rings. The van der Waals surface area contributed by atoms with Gasteiger partial charge in [0.15, 0.2) is 5.17 Å². The molecule has 3 aromatic carbocycles. The van der Waals surface area contributed by atoms with Crippen LogP contribution < -0.4 is 5.32 Å². The van der Waals surface area contributed by atoms with Crippen LogP contribution in [0.4, 0.5) is 10.1 Å². The van der Waals surface area contributed by atoms with Crippen molar-refractivity contribution < 1.29 is 19.1 Å². The number of carboxylic acid groups (broad SMARTS) is 1. The summed E-state index contributed by atoms with van der Waals surface area (Å²) in [4.78, 5) is 28.7. The monoisotopic (exact) mass is 420 g/mol. The second-order valence-electron chi connectivity index (χ2n) is 6.85. The molecule has 1 unspecified atom stereocenters. The van der Waals surface area contributed by atoms with Gasteiger partial charge in [-0.1, -0.05) is 36.4 Å². The number of halogens is 1. The molecule has 1 aliphatic rings. The average molecular weight is 420 g/mol. The lowest BCUT2D eigenvalue weighted by Crippen LogP contribution is -2.19. The first-order valence-corrected chi connectivity index (χ1v) is 10.0. The van der Waals surface area contributed by atoms with Gasteiger partial charge in [-0.05, 0) is 70.9 Å². The van der Waals surface area contributed by atoms with Crippen LogP contribution in [0.5, 0.6) is 0 Å². The predicted molar refractivity (Wildman–Crippen MR) is 117 cm³/mol. The fourth-order valence-electron chi connectivity index (χ4n) is 3.15. The molecule has 0 saturated carbocycles. The third-order valence-corrected chi connectivity index (χ3v) is 5.68. The van der Waals surface area contributed by atoms with Gasteiger partial charge in [-0.2, -0.15) is 0 Å².